The molecule has 0 radical (unpaired) electrons. The molecule has 0 saturated heterocycles. The van der Waals surface area contributed by atoms with Gasteiger partial charge in [-0.05, 0) is 30.0 Å². The lowest BCUT2D eigenvalue weighted by molar-refractivity contribution is 0.00777. The molecular weight excluding hydrogens is 184 g/mol. The van der Waals surface area contributed by atoms with Gasteiger partial charge in [-0.25, -0.2) is 8.78 Å². The number of anilines is 1. The summed E-state index contributed by atoms with van der Waals surface area (Å²) in [6.07, 6.45) is 0.541. The normalized spacial score (nSPS) is 25.1. The van der Waals surface area contributed by atoms with E-state index in [0.717, 1.165) is 5.56 Å². The summed E-state index contributed by atoms with van der Waals surface area (Å²) in [5.41, 5.74) is 7.20. The van der Waals surface area contributed by atoms with Crippen LogP contribution in [0.5, 0.6) is 0 Å². The zero-order valence-corrected chi connectivity index (χ0v) is 7.84. The Morgan fingerprint density at radius 1 is 1.36 bits per heavy atom. The molecule has 0 bridgehead atoms. The van der Waals surface area contributed by atoms with Crippen LogP contribution >= 0.6 is 0 Å². The van der Waals surface area contributed by atoms with Crippen molar-refractivity contribution in [1.29, 1.82) is 0 Å². The number of hydrogen-bond acceptors (Lipinski definition) is 1. The first-order valence-electron chi connectivity index (χ1n) is 4.80. The maximum absolute atomic E-state index is 12.9. The van der Waals surface area contributed by atoms with Gasteiger partial charge in [-0.1, -0.05) is 12.1 Å². The summed E-state index contributed by atoms with van der Waals surface area (Å²) in [7, 11) is 0. The predicted molar refractivity (Wildman–Crippen MR) is 52.4 cm³/mol. The van der Waals surface area contributed by atoms with Gasteiger partial charge in [0.15, 0.2) is 0 Å². The Morgan fingerprint density at radius 3 is 2.71 bits per heavy atom. The third-order valence-electron chi connectivity index (χ3n) is 2.79. The molecule has 1 aromatic rings. The van der Waals surface area contributed by atoms with Crippen molar-refractivity contribution in [3.8, 4) is 0 Å². The van der Waals surface area contributed by atoms with Crippen molar-refractivity contribution < 1.29 is 8.78 Å². The number of nitrogens with two attached hydrogens (primary N) is 1. The van der Waals surface area contributed by atoms with Gasteiger partial charge in [-0.3, -0.25) is 0 Å². The quantitative estimate of drug-likeness (QED) is 0.687. The van der Waals surface area contributed by atoms with E-state index in [0.29, 0.717) is 12.1 Å². The highest BCUT2D eigenvalue weighted by molar-refractivity contribution is 5.42. The van der Waals surface area contributed by atoms with Gasteiger partial charge in [0.2, 0.25) is 5.92 Å². The minimum atomic E-state index is -2.48. The second kappa shape index (κ2) is 3.23. The Morgan fingerprint density at radius 2 is 2.14 bits per heavy atom. The minimum absolute atomic E-state index is 0.00641. The van der Waals surface area contributed by atoms with Gasteiger partial charge in [-0.15, -0.1) is 0 Å². The molecule has 1 saturated carbocycles. The molecular formula is C11H13F2N. The van der Waals surface area contributed by atoms with Crippen molar-refractivity contribution in [3.05, 3.63) is 29.8 Å². The maximum atomic E-state index is 12.9. The van der Waals surface area contributed by atoms with E-state index in [2.05, 4.69) is 0 Å². The first kappa shape index (κ1) is 9.44. The van der Waals surface area contributed by atoms with Gasteiger partial charge in [0, 0.05) is 18.5 Å². The van der Waals surface area contributed by atoms with Crippen LogP contribution in [0.4, 0.5) is 14.5 Å². The van der Waals surface area contributed by atoms with E-state index in [9.17, 15) is 8.78 Å². The summed E-state index contributed by atoms with van der Waals surface area (Å²) in [5, 5.41) is 0. The molecule has 1 aliphatic rings. The van der Waals surface area contributed by atoms with Crippen molar-refractivity contribution in [2.45, 2.75) is 31.1 Å². The summed E-state index contributed by atoms with van der Waals surface area (Å²) < 4.78 is 25.9. The zero-order chi connectivity index (χ0) is 10.2. The summed E-state index contributed by atoms with van der Waals surface area (Å²) in [6.45, 7) is 0. The first-order valence-corrected chi connectivity index (χ1v) is 4.80. The number of alkyl halides is 2. The highest BCUT2D eigenvalue weighted by atomic mass is 19.3. The highest BCUT2D eigenvalue weighted by Crippen LogP contribution is 2.44. The summed E-state index contributed by atoms with van der Waals surface area (Å²) >= 11 is 0. The van der Waals surface area contributed by atoms with Crippen LogP contribution in [0.3, 0.4) is 0 Å². The van der Waals surface area contributed by atoms with Gasteiger partial charge >= 0.3 is 0 Å². The Balaban J connectivity index is 2.17. The van der Waals surface area contributed by atoms with Crippen molar-refractivity contribution in [2.75, 3.05) is 5.73 Å². The predicted octanol–water partition coefficient (Wildman–Crippen LogP) is 3.17. The molecule has 0 aliphatic heterocycles. The lowest BCUT2D eigenvalue weighted by Crippen LogP contribution is -2.09. The minimum Gasteiger partial charge on any atom is -0.399 e. The number of hydrogen-bond donors (Lipinski definition) is 1. The van der Waals surface area contributed by atoms with Crippen LogP contribution in [0.15, 0.2) is 24.3 Å². The molecule has 14 heavy (non-hydrogen) atoms. The Hall–Kier alpha value is -1.12. The molecule has 2 N–H and O–H groups in total. The fraction of sp³-hybridized carbons (Fsp3) is 0.455. The van der Waals surface area contributed by atoms with E-state index in [1.807, 2.05) is 12.1 Å². The second-order valence-corrected chi connectivity index (χ2v) is 3.97. The highest BCUT2D eigenvalue weighted by Gasteiger charge is 2.39. The van der Waals surface area contributed by atoms with Crippen LogP contribution in [-0.4, -0.2) is 5.92 Å². The van der Waals surface area contributed by atoms with Crippen LogP contribution in [0, 0.1) is 0 Å². The zero-order valence-electron chi connectivity index (χ0n) is 7.84. The third-order valence-corrected chi connectivity index (χ3v) is 2.79. The summed E-state index contributed by atoms with van der Waals surface area (Å²) in [5.74, 6) is -2.50. The maximum Gasteiger partial charge on any atom is 0.248 e. The van der Waals surface area contributed by atoms with Crippen molar-refractivity contribution in [1.82, 2.24) is 0 Å². The van der Waals surface area contributed by atoms with Crippen LogP contribution in [0.1, 0.15) is 30.7 Å². The van der Waals surface area contributed by atoms with E-state index in [4.69, 9.17) is 5.73 Å². The number of benzene rings is 1. The summed E-state index contributed by atoms with van der Waals surface area (Å²) in [6, 6.07) is 7.27. The fourth-order valence-electron chi connectivity index (χ4n) is 2.05. The number of nitrogen functional groups attached to an aromatic ring is 1. The average Bonchev–Trinajstić information content (AvgIpc) is 2.46. The van der Waals surface area contributed by atoms with Crippen LogP contribution in [-0.2, 0) is 0 Å². The molecule has 1 fully saturated rings. The van der Waals surface area contributed by atoms with Gasteiger partial charge < -0.3 is 5.73 Å². The van der Waals surface area contributed by atoms with E-state index in [1.54, 1.807) is 12.1 Å². The van der Waals surface area contributed by atoms with E-state index < -0.39 is 5.92 Å². The van der Waals surface area contributed by atoms with Crippen molar-refractivity contribution in [3.63, 3.8) is 0 Å². The molecule has 76 valence electrons. The molecule has 0 amide bonds. The molecule has 1 unspecified atom stereocenters. The van der Waals surface area contributed by atoms with E-state index in [-0.39, 0.29) is 18.8 Å². The molecule has 2 rings (SSSR count). The topological polar surface area (TPSA) is 26.0 Å². The Labute approximate surface area is 81.9 Å². The standard InChI is InChI=1S/C11H13F2N/c12-11(13)5-4-9(7-11)8-2-1-3-10(14)6-8/h1-3,6,9H,4-5,7,14H2. The first-order chi connectivity index (χ1) is 6.57. The molecule has 0 aromatic heterocycles. The summed E-state index contributed by atoms with van der Waals surface area (Å²) in [4.78, 5) is 0. The number of halogens is 2. The Bertz CT molecular complexity index is 336. The van der Waals surface area contributed by atoms with E-state index >= 15 is 0 Å². The van der Waals surface area contributed by atoms with Crippen molar-refractivity contribution in [2.24, 2.45) is 0 Å². The molecule has 1 nitrogen and oxygen atoms in total. The molecule has 0 heterocycles. The van der Waals surface area contributed by atoms with Gasteiger partial charge in [0.1, 0.15) is 0 Å². The molecule has 0 spiro atoms. The lowest BCUT2D eigenvalue weighted by Gasteiger charge is -2.11. The third kappa shape index (κ3) is 1.86. The molecule has 1 atom stereocenters. The smallest absolute Gasteiger partial charge is 0.248 e. The van der Waals surface area contributed by atoms with Crippen LogP contribution < -0.4 is 5.73 Å². The second-order valence-electron chi connectivity index (χ2n) is 3.97. The molecule has 1 aromatic carbocycles. The lowest BCUT2D eigenvalue weighted by atomic mass is 9.97. The fourth-order valence-corrected chi connectivity index (χ4v) is 2.05. The molecule has 3 heteroatoms. The monoisotopic (exact) mass is 197 g/mol. The van der Waals surface area contributed by atoms with Crippen LogP contribution in [0.25, 0.3) is 0 Å². The SMILES string of the molecule is Nc1cccc(C2CCC(F)(F)C2)c1. The molecule has 1 aliphatic carbocycles. The van der Waals surface area contributed by atoms with Gasteiger partial charge in [0.25, 0.3) is 0 Å². The number of rotatable bonds is 1. The van der Waals surface area contributed by atoms with Crippen LogP contribution in [0.2, 0.25) is 0 Å². The Kier molecular flexibility index (Phi) is 2.17. The van der Waals surface area contributed by atoms with Crippen molar-refractivity contribution >= 4 is 5.69 Å². The van der Waals surface area contributed by atoms with Gasteiger partial charge in [0.05, 0.1) is 0 Å². The van der Waals surface area contributed by atoms with Gasteiger partial charge in [-0.2, -0.15) is 0 Å². The average molecular weight is 197 g/mol. The largest absolute Gasteiger partial charge is 0.399 e. The van der Waals surface area contributed by atoms with E-state index in [1.165, 1.54) is 0 Å².